The lowest BCUT2D eigenvalue weighted by Gasteiger charge is -2.13. The van der Waals surface area contributed by atoms with E-state index in [1.54, 1.807) is 11.3 Å². The average Bonchev–Trinajstić information content (AvgIpc) is 2.84. The summed E-state index contributed by atoms with van der Waals surface area (Å²) in [5.74, 6) is 0.171. The molecule has 0 saturated heterocycles. The van der Waals surface area contributed by atoms with Crippen LogP contribution in [0, 0.1) is 11.7 Å². The molecular formula is C13H15FN2S. The van der Waals surface area contributed by atoms with Crippen LogP contribution in [-0.2, 0) is 12.8 Å². The minimum atomic E-state index is -0.196. The van der Waals surface area contributed by atoms with Crippen molar-refractivity contribution in [3.8, 4) is 0 Å². The monoisotopic (exact) mass is 250 g/mol. The SMILES string of the molecule is NCC(Cc1ccc(F)cc1)Cc1nccs1. The molecule has 0 bridgehead atoms. The van der Waals surface area contributed by atoms with Gasteiger partial charge in [0.05, 0.1) is 5.01 Å². The molecule has 1 unspecified atom stereocenters. The molecule has 1 aromatic carbocycles. The first-order valence-corrected chi connectivity index (χ1v) is 6.49. The van der Waals surface area contributed by atoms with Gasteiger partial charge in [0.2, 0.25) is 0 Å². The van der Waals surface area contributed by atoms with Crippen LogP contribution in [-0.4, -0.2) is 11.5 Å². The maximum Gasteiger partial charge on any atom is 0.123 e. The van der Waals surface area contributed by atoms with Crippen molar-refractivity contribution in [1.29, 1.82) is 0 Å². The first-order chi connectivity index (χ1) is 8.28. The van der Waals surface area contributed by atoms with E-state index in [1.807, 2.05) is 23.7 Å². The molecule has 2 N–H and O–H groups in total. The van der Waals surface area contributed by atoms with Crippen molar-refractivity contribution in [2.75, 3.05) is 6.54 Å². The number of halogens is 1. The van der Waals surface area contributed by atoms with E-state index < -0.39 is 0 Å². The summed E-state index contributed by atoms with van der Waals surface area (Å²) in [6, 6.07) is 6.62. The van der Waals surface area contributed by atoms with E-state index in [0.29, 0.717) is 12.5 Å². The second-order valence-corrected chi connectivity index (χ2v) is 5.04. The van der Waals surface area contributed by atoms with Gasteiger partial charge >= 0.3 is 0 Å². The predicted molar refractivity (Wildman–Crippen MR) is 68.5 cm³/mol. The molecule has 0 saturated carbocycles. The molecule has 2 aromatic rings. The first kappa shape index (κ1) is 12.2. The number of hydrogen-bond donors (Lipinski definition) is 1. The number of thiazole rings is 1. The van der Waals surface area contributed by atoms with Gasteiger partial charge in [-0.3, -0.25) is 0 Å². The van der Waals surface area contributed by atoms with Crippen LogP contribution in [0.15, 0.2) is 35.8 Å². The number of rotatable bonds is 5. The van der Waals surface area contributed by atoms with Crippen molar-refractivity contribution in [1.82, 2.24) is 4.98 Å². The Morgan fingerprint density at radius 1 is 1.24 bits per heavy atom. The fourth-order valence-corrected chi connectivity index (χ4v) is 2.53. The van der Waals surface area contributed by atoms with E-state index in [-0.39, 0.29) is 5.82 Å². The normalized spacial score (nSPS) is 12.6. The summed E-state index contributed by atoms with van der Waals surface area (Å²) in [5, 5.41) is 3.09. The van der Waals surface area contributed by atoms with Crippen LogP contribution in [0.2, 0.25) is 0 Å². The molecule has 1 aromatic heterocycles. The average molecular weight is 250 g/mol. The second kappa shape index (κ2) is 5.89. The third kappa shape index (κ3) is 3.61. The quantitative estimate of drug-likeness (QED) is 0.886. The largest absolute Gasteiger partial charge is 0.330 e. The summed E-state index contributed by atoms with van der Waals surface area (Å²) in [6.45, 7) is 0.622. The van der Waals surface area contributed by atoms with Gasteiger partial charge in [0.15, 0.2) is 0 Å². The van der Waals surface area contributed by atoms with Crippen LogP contribution in [0.4, 0.5) is 4.39 Å². The molecule has 0 fully saturated rings. The standard InChI is InChI=1S/C13H15FN2S/c14-12-3-1-10(2-4-12)7-11(9-15)8-13-16-5-6-17-13/h1-6,11H,7-9,15H2. The number of aromatic nitrogens is 1. The Balaban J connectivity index is 1.97. The zero-order valence-electron chi connectivity index (χ0n) is 9.47. The van der Waals surface area contributed by atoms with Crippen molar-refractivity contribution >= 4 is 11.3 Å². The van der Waals surface area contributed by atoms with Gasteiger partial charge in [-0.1, -0.05) is 12.1 Å². The highest BCUT2D eigenvalue weighted by molar-refractivity contribution is 7.09. The highest BCUT2D eigenvalue weighted by Gasteiger charge is 2.10. The minimum Gasteiger partial charge on any atom is -0.330 e. The predicted octanol–water partition coefficient (Wildman–Crippen LogP) is 2.64. The van der Waals surface area contributed by atoms with E-state index in [9.17, 15) is 4.39 Å². The maximum atomic E-state index is 12.8. The van der Waals surface area contributed by atoms with Gasteiger partial charge in [-0.05, 0) is 36.6 Å². The van der Waals surface area contributed by atoms with Gasteiger partial charge in [-0.15, -0.1) is 11.3 Å². The van der Waals surface area contributed by atoms with Gasteiger partial charge in [0.1, 0.15) is 5.82 Å². The summed E-state index contributed by atoms with van der Waals surface area (Å²) in [6.07, 6.45) is 3.58. The zero-order valence-corrected chi connectivity index (χ0v) is 10.3. The number of nitrogens with two attached hydrogens (primary N) is 1. The zero-order chi connectivity index (χ0) is 12.1. The summed E-state index contributed by atoms with van der Waals surface area (Å²) in [7, 11) is 0. The van der Waals surface area contributed by atoms with Gasteiger partial charge in [-0.25, -0.2) is 9.37 Å². The maximum absolute atomic E-state index is 12.8. The topological polar surface area (TPSA) is 38.9 Å². The molecular weight excluding hydrogens is 235 g/mol. The summed E-state index contributed by atoms with van der Waals surface area (Å²) >= 11 is 1.65. The molecule has 0 radical (unpaired) electrons. The summed E-state index contributed by atoms with van der Waals surface area (Å²) in [5.41, 5.74) is 6.89. The number of hydrogen-bond acceptors (Lipinski definition) is 3. The molecule has 2 rings (SSSR count). The Bertz CT molecular complexity index is 439. The van der Waals surface area contributed by atoms with Gasteiger partial charge < -0.3 is 5.73 Å². The van der Waals surface area contributed by atoms with Gasteiger partial charge in [-0.2, -0.15) is 0 Å². The molecule has 0 amide bonds. The lowest BCUT2D eigenvalue weighted by atomic mass is 9.96. The fraction of sp³-hybridized carbons (Fsp3) is 0.308. The van der Waals surface area contributed by atoms with E-state index in [0.717, 1.165) is 23.4 Å². The van der Waals surface area contributed by atoms with Gasteiger partial charge in [0, 0.05) is 18.0 Å². The van der Waals surface area contributed by atoms with Crippen LogP contribution < -0.4 is 5.73 Å². The Morgan fingerprint density at radius 2 is 2.00 bits per heavy atom. The number of nitrogens with zero attached hydrogens (tertiary/aromatic N) is 1. The molecule has 90 valence electrons. The molecule has 0 aliphatic carbocycles. The Kier molecular flexibility index (Phi) is 4.23. The van der Waals surface area contributed by atoms with Crippen molar-refractivity contribution in [2.45, 2.75) is 12.8 Å². The van der Waals surface area contributed by atoms with E-state index in [1.165, 1.54) is 12.1 Å². The fourth-order valence-electron chi connectivity index (χ4n) is 1.79. The Labute approximate surface area is 104 Å². The number of benzene rings is 1. The van der Waals surface area contributed by atoms with Crippen molar-refractivity contribution in [3.05, 3.63) is 52.2 Å². The van der Waals surface area contributed by atoms with Crippen LogP contribution >= 0.6 is 11.3 Å². The lowest BCUT2D eigenvalue weighted by molar-refractivity contribution is 0.531. The van der Waals surface area contributed by atoms with Crippen LogP contribution in [0.3, 0.4) is 0 Å². The van der Waals surface area contributed by atoms with Crippen LogP contribution in [0.5, 0.6) is 0 Å². The highest BCUT2D eigenvalue weighted by Crippen LogP contribution is 2.15. The molecule has 0 aliphatic rings. The molecule has 0 spiro atoms. The van der Waals surface area contributed by atoms with Crippen molar-refractivity contribution in [2.24, 2.45) is 11.7 Å². The first-order valence-electron chi connectivity index (χ1n) is 5.61. The van der Waals surface area contributed by atoms with Crippen molar-refractivity contribution < 1.29 is 4.39 Å². The van der Waals surface area contributed by atoms with Crippen LogP contribution in [0.1, 0.15) is 10.6 Å². The minimum absolute atomic E-state index is 0.196. The molecule has 4 heteroatoms. The molecule has 17 heavy (non-hydrogen) atoms. The van der Waals surface area contributed by atoms with Gasteiger partial charge in [0.25, 0.3) is 0 Å². The van der Waals surface area contributed by atoms with E-state index >= 15 is 0 Å². The van der Waals surface area contributed by atoms with E-state index in [2.05, 4.69) is 4.98 Å². The molecule has 1 heterocycles. The summed E-state index contributed by atoms with van der Waals surface area (Å²) in [4.78, 5) is 4.26. The molecule has 0 aliphatic heterocycles. The highest BCUT2D eigenvalue weighted by atomic mass is 32.1. The molecule has 1 atom stereocenters. The van der Waals surface area contributed by atoms with Crippen molar-refractivity contribution in [3.63, 3.8) is 0 Å². The summed E-state index contributed by atoms with van der Waals surface area (Å²) < 4.78 is 12.8. The molecule has 2 nitrogen and oxygen atoms in total. The lowest BCUT2D eigenvalue weighted by Crippen LogP contribution is -2.19. The third-order valence-electron chi connectivity index (χ3n) is 2.72. The smallest absolute Gasteiger partial charge is 0.123 e. The Hall–Kier alpha value is -1.26. The second-order valence-electron chi connectivity index (χ2n) is 4.06. The van der Waals surface area contributed by atoms with E-state index in [4.69, 9.17) is 5.73 Å². The van der Waals surface area contributed by atoms with Crippen LogP contribution in [0.25, 0.3) is 0 Å². The Morgan fingerprint density at radius 3 is 2.59 bits per heavy atom. The third-order valence-corrected chi connectivity index (χ3v) is 3.52.